The number of rotatable bonds is 4. The van der Waals surface area contributed by atoms with Crippen molar-refractivity contribution in [2.45, 2.75) is 0 Å². The van der Waals surface area contributed by atoms with Gasteiger partial charge in [-0.15, -0.1) is 0 Å². The molecule has 0 amide bonds. The van der Waals surface area contributed by atoms with E-state index in [2.05, 4.69) is 15.3 Å². The Bertz CT molecular complexity index is 873. The minimum Gasteiger partial charge on any atom is -0.508 e. The number of hydrogen-bond acceptors (Lipinski definition) is 5. The Balaban J connectivity index is 1.93. The van der Waals surface area contributed by atoms with Crippen LogP contribution in [-0.4, -0.2) is 22.2 Å². The Kier molecular flexibility index (Phi) is 3.97. The van der Waals surface area contributed by atoms with Crippen LogP contribution in [0.2, 0.25) is 0 Å². The predicted molar refractivity (Wildman–Crippen MR) is 88.2 cm³/mol. The SMILES string of the molecule is COc1ccc(-c2cc(=O)[nH]c(Nc3cccc(O)c3)n2)cc1. The molecule has 3 rings (SSSR count). The molecule has 0 saturated heterocycles. The number of H-pyrrole nitrogens is 1. The van der Waals surface area contributed by atoms with E-state index in [4.69, 9.17) is 4.74 Å². The normalized spacial score (nSPS) is 10.3. The van der Waals surface area contributed by atoms with E-state index in [9.17, 15) is 9.90 Å². The van der Waals surface area contributed by atoms with E-state index in [1.807, 2.05) is 12.1 Å². The fourth-order valence-electron chi connectivity index (χ4n) is 2.15. The molecule has 6 nitrogen and oxygen atoms in total. The van der Waals surface area contributed by atoms with Crippen molar-refractivity contribution < 1.29 is 9.84 Å². The Morgan fingerprint density at radius 3 is 2.61 bits per heavy atom. The van der Waals surface area contributed by atoms with Crippen molar-refractivity contribution in [3.63, 3.8) is 0 Å². The Hall–Kier alpha value is -3.28. The van der Waals surface area contributed by atoms with E-state index < -0.39 is 0 Å². The molecule has 0 atom stereocenters. The van der Waals surface area contributed by atoms with Crippen molar-refractivity contribution in [3.05, 3.63) is 65.0 Å². The highest BCUT2D eigenvalue weighted by molar-refractivity contribution is 5.63. The van der Waals surface area contributed by atoms with Crippen molar-refractivity contribution in [1.29, 1.82) is 0 Å². The summed E-state index contributed by atoms with van der Waals surface area (Å²) in [6.45, 7) is 0. The first kappa shape index (κ1) is 14.6. The highest BCUT2D eigenvalue weighted by Crippen LogP contribution is 2.22. The van der Waals surface area contributed by atoms with Crippen molar-refractivity contribution in [2.75, 3.05) is 12.4 Å². The van der Waals surface area contributed by atoms with Gasteiger partial charge in [-0.2, -0.15) is 0 Å². The van der Waals surface area contributed by atoms with Crippen LogP contribution in [-0.2, 0) is 0 Å². The molecular formula is C17H15N3O3. The van der Waals surface area contributed by atoms with Gasteiger partial charge in [0, 0.05) is 23.4 Å². The van der Waals surface area contributed by atoms with Gasteiger partial charge in [-0.05, 0) is 36.4 Å². The number of aromatic hydroxyl groups is 1. The molecule has 23 heavy (non-hydrogen) atoms. The Morgan fingerprint density at radius 2 is 1.91 bits per heavy atom. The van der Waals surface area contributed by atoms with Gasteiger partial charge in [-0.1, -0.05) is 6.07 Å². The number of methoxy groups -OCH3 is 1. The van der Waals surface area contributed by atoms with E-state index in [1.54, 1.807) is 43.5 Å². The minimum absolute atomic E-state index is 0.128. The van der Waals surface area contributed by atoms with Crippen LogP contribution in [0, 0.1) is 0 Å². The Labute approximate surface area is 132 Å². The second-order valence-corrected chi connectivity index (χ2v) is 4.88. The number of aromatic nitrogens is 2. The third-order valence-electron chi connectivity index (χ3n) is 3.24. The van der Waals surface area contributed by atoms with Crippen molar-refractivity contribution in [3.8, 4) is 22.8 Å². The number of aromatic amines is 1. The molecule has 0 saturated carbocycles. The molecule has 3 aromatic rings. The first-order valence-corrected chi connectivity index (χ1v) is 6.96. The summed E-state index contributed by atoms with van der Waals surface area (Å²) in [5.41, 5.74) is 1.70. The van der Waals surface area contributed by atoms with E-state index in [0.29, 0.717) is 17.3 Å². The zero-order chi connectivity index (χ0) is 16.2. The molecule has 0 fully saturated rings. The minimum atomic E-state index is -0.270. The first-order valence-electron chi connectivity index (χ1n) is 6.96. The average Bonchev–Trinajstić information content (AvgIpc) is 2.54. The quantitative estimate of drug-likeness (QED) is 0.690. The number of nitrogens with zero attached hydrogens (tertiary/aromatic N) is 1. The van der Waals surface area contributed by atoms with Gasteiger partial charge >= 0.3 is 0 Å². The number of phenols is 1. The molecule has 1 aromatic heterocycles. The fourth-order valence-corrected chi connectivity index (χ4v) is 2.15. The maximum absolute atomic E-state index is 11.9. The number of hydrogen-bond donors (Lipinski definition) is 3. The van der Waals surface area contributed by atoms with Gasteiger partial charge in [0.1, 0.15) is 11.5 Å². The van der Waals surface area contributed by atoms with Gasteiger partial charge in [0.05, 0.1) is 12.8 Å². The van der Waals surface area contributed by atoms with Crippen LogP contribution in [0.4, 0.5) is 11.6 Å². The van der Waals surface area contributed by atoms with Gasteiger partial charge in [-0.3, -0.25) is 9.78 Å². The smallest absolute Gasteiger partial charge is 0.252 e. The van der Waals surface area contributed by atoms with Crippen molar-refractivity contribution >= 4 is 11.6 Å². The topological polar surface area (TPSA) is 87.2 Å². The molecule has 0 aliphatic rings. The maximum atomic E-state index is 11.9. The summed E-state index contributed by atoms with van der Waals surface area (Å²) in [7, 11) is 1.60. The fraction of sp³-hybridized carbons (Fsp3) is 0.0588. The van der Waals surface area contributed by atoms with Crippen molar-refractivity contribution in [2.24, 2.45) is 0 Å². The second kappa shape index (κ2) is 6.23. The first-order chi connectivity index (χ1) is 11.1. The molecule has 116 valence electrons. The summed E-state index contributed by atoms with van der Waals surface area (Å²) in [5.74, 6) is 1.16. The molecule has 0 bridgehead atoms. The van der Waals surface area contributed by atoms with E-state index >= 15 is 0 Å². The molecule has 0 aliphatic heterocycles. The average molecular weight is 309 g/mol. The van der Waals surface area contributed by atoms with Crippen LogP contribution in [0.5, 0.6) is 11.5 Å². The lowest BCUT2D eigenvalue weighted by molar-refractivity contribution is 0.415. The lowest BCUT2D eigenvalue weighted by Crippen LogP contribution is -2.10. The number of phenolic OH excluding ortho intramolecular Hbond substituents is 1. The largest absolute Gasteiger partial charge is 0.508 e. The van der Waals surface area contributed by atoms with E-state index in [1.165, 1.54) is 6.07 Å². The van der Waals surface area contributed by atoms with Crippen LogP contribution in [0.25, 0.3) is 11.3 Å². The molecule has 3 N–H and O–H groups in total. The molecule has 0 unspecified atom stereocenters. The van der Waals surface area contributed by atoms with Gasteiger partial charge in [0.15, 0.2) is 0 Å². The maximum Gasteiger partial charge on any atom is 0.252 e. The van der Waals surface area contributed by atoms with Crippen LogP contribution >= 0.6 is 0 Å². The highest BCUT2D eigenvalue weighted by atomic mass is 16.5. The Morgan fingerprint density at radius 1 is 1.13 bits per heavy atom. The third-order valence-corrected chi connectivity index (χ3v) is 3.24. The summed E-state index contributed by atoms with van der Waals surface area (Å²) >= 11 is 0. The zero-order valence-electron chi connectivity index (χ0n) is 12.4. The summed E-state index contributed by atoms with van der Waals surface area (Å²) < 4.78 is 5.12. The lowest BCUT2D eigenvalue weighted by Gasteiger charge is -2.08. The van der Waals surface area contributed by atoms with Crippen molar-refractivity contribution in [1.82, 2.24) is 9.97 Å². The monoisotopic (exact) mass is 309 g/mol. The molecule has 0 aliphatic carbocycles. The second-order valence-electron chi connectivity index (χ2n) is 4.88. The number of ether oxygens (including phenoxy) is 1. The van der Waals surface area contributed by atoms with E-state index in [0.717, 1.165) is 11.3 Å². The summed E-state index contributed by atoms with van der Waals surface area (Å²) in [5, 5.41) is 12.5. The predicted octanol–water partition coefficient (Wildman–Crippen LogP) is 2.89. The van der Waals surface area contributed by atoms with Gasteiger partial charge in [0.2, 0.25) is 5.95 Å². The van der Waals surface area contributed by atoms with Crippen LogP contribution in [0.1, 0.15) is 0 Å². The van der Waals surface area contributed by atoms with Gasteiger partial charge < -0.3 is 15.2 Å². The molecule has 1 heterocycles. The van der Waals surface area contributed by atoms with Gasteiger partial charge in [-0.25, -0.2) is 4.98 Å². The molecule has 2 aromatic carbocycles. The lowest BCUT2D eigenvalue weighted by atomic mass is 10.1. The summed E-state index contributed by atoms with van der Waals surface area (Å²) in [6.07, 6.45) is 0. The summed E-state index contributed by atoms with van der Waals surface area (Å²) in [6, 6.07) is 15.3. The van der Waals surface area contributed by atoms with Gasteiger partial charge in [0.25, 0.3) is 5.56 Å². The molecular weight excluding hydrogens is 294 g/mol. The number of benzene rings is 2. The zero-order valence-corrected chi connectivity index (χ0v) is 12.4. The summed E-state index contributed by atoms with van der Waals surface area (Å²) in [4.78, 5) is 18.9. The van der Waals surface area contributed by atoms with Crippen LogP contribution in [0.3, 0.4) is 0 Å². The van der Waals surface area contributed by atoms with E-state index in [-0.39, 0.29) is 11.3 Å². The number of anilines is 2. The standard InChI is InChI=1S/C17H15N3O3/c1-23-14-7-5-11(6-8-14)15-10-16(22)20-17(19-15)18-12-3-2-4-13(21)9-12/h2-10,21H,1H3,(H2,18,19,20,22). The van der Waals surface area contributed by atoms with Crippen LogP contribution < -0.4 is 15.6 Å². The molecule has 0 radical (unpaired) electrons. The molecule has 0 spiro atoms. The van der Waals surface area contributed by atoms with Crippen LogP contribution in [0.15, 0.2) is 59.4 Å². The third kappa shape index (κ3) is 3.49. The highest BCUT2D eigenvalue weighted by Gasteiger charge is 2.05. The number of nitrogens with one attached hydrogen (secondary N) is 2. The molecule has 6 heteroatoms.